The molecule has 0 unspecified atom stereocenters. The minimum absolute atomic E-state index is 0.162. The summed E-state index contributed by atoms with van der Waals surface area (Å²) in [7, 11) is 0. The van der Waals surface area contributed by atoms with E-state index in [1.165, 1.54) is 0 Å². The summed E-state index contributed by atoms with van der Waals surface area (Å²) in [5, 5.41) is 2.82. The molecule has 0 radical (unpaired) electrons. The average Bonchev–Trinajstić information content (AvgIpc) is 2.25. The molecule has 0 fully saturated rings. The first-order chi connectivity index (χ1) is 7.84. The van der Waals surface area contributed by atoms with Gasteiger partial charge in [0.1, 0.15) is 0 Å². The van der Waals surface area contributed by atoms with Gasteiger partial charge in [-0.05, 0) is 31.5 Å². The minimum atomic E-state index is -0.818. The molecule has 0 saturated heterocycles. The van der Waals surface area contributed by atoms with Gasteiger partial charge < -0.3 is 11.1 Å². The Hall–Kier alpha value is -0.940. The summed E-state index contributed by atoms with van der Waals surface area (Å²) in [6.07, 6.45) is 0. The van der Waals surface area contributed by atoms with Crippen molar-refractivity contribution in [3.63, 3.8) is 0 Å². The molecule has 0 saturated carbocycles. The van der Waals surface area contributed by atoms with Crippen molar-refractivity contribution in [2.45, 2.75) is 20.4 Å². The van der Waals surface area contributed by atoms with Crippen LogP contribution in [0.1, 0.15) is 19.4 Å². The SMILES string of the molecule is CC(C)(C(=O)NCc1cccc(Br)c1)C(N)=S. The summed E-state index contributed by atoms with van der Waals surface area (Å²) in [6.45, 7) is 3.89. The normalized spacial score (nSPS) is 11.0. The molecule has 92 valence electrons. The number of hydrogen-bond donors (Lipinski definition) is 2. The standard InChI is InChI=1S/C12H15BrN2OS/c1-12(2,10(14)17)11(16)15-7-8-4-3-5-9(13)6-8/h3-6H,7H2,1-2H3,(H2,14,17)(H,15,16). The van der Waals surface area contributed by atoms with Gasteiger partial charge in [-0.25, -0.2) is 0 Å². The maximum absolute atomic E-state index is 11.9. The molecule has 0 aromatic heterocycles. The third-order valence-corrected chi connectivity index (χ3v) is 3.53. The molecule has 1 amide bonds. The first kappa shape index (κ1) is 14.1. The molecule has 3 N–H and O–H groups in total. The molecule has 1 aromatic rings. The first-order valence-corrected chi connectivity index (χ1v) is 6.37. The van der Waals surface area contributed by atoms with Crippen LogP contribution >= 0.6 is 28.1 Å². The van der Waals surface area contributed by atoms with E-state index in [0.29, 0.717) is 6.54 Å². The molecule has 0 aliphatic heterocycles. The van der Waals surface area contributed by atoms with Crippen LogP contribution < -0.4 is 11.1 Å². The van der Waals surface area contributed by atoms with Crippen LogP contribution in [-0.4, -0.2) is 10.9 Å². The van der Waals surface area contributed by atoms with E-state index < -0.39 is 5.41 Å². The molecule has 0 bridgehead atoms. The van der Waals surface area contributed by atoms with E-state index in [0.717, 1.165) is 10.0 Å². The van der Waals surface area contributed by atoms with Gasteiger partial charge in [-0.15, -0.1) is 0 Å². The third-order valence-electron chi connectivity index (χ3n) is 2.53. The van der Waals surface area contributed by atoms with Gasteiger partial charge in [-0.1, -0.05) is 40.3 Å². The summed E-state index contributed by atoms with van der Waals surface area (Å²) in [5.41, 5.74) is 5.73. The molecular weight excluding hydrogens is 300 g/mol. The lowest BCUT2D eigenvalue weighted by Gasteiger charge is -2.21. The zero-order valence-electron chi connectivity index (χ0n) is 9.79. The Balaban J connectivity index is 2.63. The Morgan fingerprint density at radius 3 is 2.71 bits per heavy atom. The Labute approximate surface area is 115 Å². The Bertz CT molecular complexity index is 446. The largest absolute Gasteiger partial charge is 0.392 e. The number of nitrogens with two attached hydrogens (primary N) is 1. The monoisotopic (exact) mass is 314 g/mol. The van der Waals surface area contributed by atoms with Gasteiger partial charge in [-0.2, -0.15) is 0 Å². The zero-order valence-corrected chi connectivity index (χ0v) is 12.2. The van der Waals surface area contributed by atoms with Crippen LogP contribution in [0.2, 0.25) is 0 Å². The van der Waals surface area contributed by atoms with Crippen LogP contribution in [0, 0.1) is 5.41 Å². The highest BCUT2D eigenvalue weighted by Gasteiger charge is 2.30. The summed E-state index contributed by atoms with van der Waals surface area (Å²) in [4.78, 5) is 12.1. The molecule has 1 rings (SSSR count). The number of rotatable bonds is 4. The van der Waals surface area contributed by atoms with Crippen LogP contribution in [0.4, 0.5) is 0 Å². The van der Waals surface area contributed by atoms with E-state index in [-0.39, 0.29) is 10.9 Å². The summed E-state index contributed by atoms with van der Waals surface area (Å²) in [5.74, 6) is -0.162. The van der Waals surface area contributed by atoms with Crippen molar-refractivity contribution in [3.8, 4) is 0 Å². The molecule has 0 aliphatic carbocycles. The number of benzene rings is 1. The average molecular weight is 315 g/mol. The van der Waals surface area contributed by atoms with Crippen molar-refractivity contribution in [2.24, 2.45) is 11.1 Å². The maximum Gasteiger partial charge on any atom is 0.232 e. The van der Waals surface area contributed by atoms with Crippen LogP contribution in [0.3, 0.4) is 0 Å². The van der Waals surface area contributed by atoms with Gasteiger partial charge in [-0.3, -0.25) is 4.79 Å². The number of carbonyl (C=O) groups is 1. The number of thiocarbonyl (C=S) groups is 1. The Morgan fingerprint density at radius 2 is 2.18 bits per heavy atom. The Kier molecular flexibility index (Phi) is 4.65. The number of carbonyl (C=O) groups excluding carboxylic acids is 1. The minimum Gasteiger partial charge on any atom is -0.392 e. The lowest BCUT2D eigenvalue weighted by molar-refractivity contribution is -0.126. The van der Waals surface area contributed by atoms with Gasteiger partial charge in [0.25, 0.3) is 0 Å². The third kappa shape index (κ3) is 3.78. The molecule has 17 heavy (non-hydrogen) atoms. The van der Waals surface area contributed by atoms with Crippen LogP contribution in [-0.2, 0) is 11.3 Å². The smallest absolute Gasteiger partial charge is 0.232 e. The van der Waals surface area contributed by atoms with Gasteiger partial charge in [0.05, 0.1) is 10.4 Å². The van der Waals surface area contributed by atoms with Crippen molar-refractivity contribution in [1.82, 2.24) is 5.32 Å². The van der Waals surface area contributed by atoms with E-state index in [1.54, 1.807) is 13.8 Å². The zero-order chi connectivity index (χ0) is 13.1. The van der Waals surface area contributed by atoms with E-state index in [4.69, 9.17) is 18.0 Å². The highest BCUT2D eigenvalue weighted by atomic mass is 79.9. The molecule has 3 nitrogen and oxygen atoms in total. The predicted molar refractivity (Wildman–Crippen MR) is 76.6 cm³/mol. The molecule has 0 aliphatic rings. The Morgan fingerprint density at radius 1 is 1.53 bits per heavy atom. The topological polar surface area (TPSA) is 55.1 Å². The lowest BCUT2D eigenvalue weighted by atomic mass is 9.92. The molecule has 0 heterocycles. The number of halogens is 1. The van der Waals surface area contributed by atoms with E-state index in [2.05, 4.69) is 21.2 Å². The fourth-order valence-corrected chi connectivity index (χ4v) is 1.70. The van der Waals surface area contributed by atoms with Gasteiger partial charge >= 0.3 is 0 Å². The number of nitrogens with one attached hydrogen (secondary N) is 1. The van der Waals surface area contributed by atoms with Crippen molar-refractivity contribution in [1.29, 1.82) is 0 Å². The predicted octanol–water partition coefficient (Wildman–Crippen LogP) is 2.38. The maximum atomic E-state index is 11.9. The molecule has 0 spiro atoms. The fraction of sp³-hybridized carbons (Fsp3) is 0.333. The van der Waals surface area contributed by atoms with Crippen molar-refractivity contribution in [2.75, 3.05) is 0 Å². The summed E-state index contributed by atoms with van der Waals surface area (Å²) in [6, 6.07) is 7.75. The summed E-state index contributed by atoms with van der Waals surface area (Å²) >= 11 is 8.25. The van der Waals surface area contributed by atoms with Crippen molar-refractivity contribution >= 4 is 39.0 Å². The van der Waals surface area contributed by atoms with E-state index in [9.17, 15) is 4.79 Å². The van der Waals surface area contributed by atoms with Gasteiger partial charge in [0.15, 0.2) is 0 Å². The van der Waals surface area contributed by atoms with Gasteiger partial charge in [0, 0.05) is 11.0 Å². The van der Waals surface area contributed by atoms with Crippen molar-refractivity contribution in [3.05, 3.63) is 34.3 Å². The van der Waals surface area contributed by atoms with E-state index >= 15 is 0 Å². The fourth-order valence-electron chi connectivity index (χ4n) is 1.16. The van der Waals surface area contributed by atoms with Crippen LogP contribution in [0.5, 0.6) is 0 Å². The van der Waals surface area contributed by atoms with Crippen LogP contribution in [0.15, 0.2) is 28.7 Å². The second-order valence-electron chi connectivity index (χ2n) is 4.30. The number of amides is 1. The van der Waals surface area contributed by atoms with Crippen LogP contribution in [0.25, 0.3) is 0 Å². The molecule has 1 aromatic carbocycles. The second-order valence-corrected chi connectivity index (χ2v) is 5.66. The summed E-state index contributed by atoms with van der Waals surface area (Å²) < 4.78 is 0.984. The van der Waals surface area contributed by atoms with E-state index in [1.807, 2.05) is 24.3 Å². The van der Waals surface area contributed by atoms with Crippen molar-refractivity contribution < 1.29 is 4.79 Å². The molecule has 0 atom stereocenters. The highest BCUT2D eigenvalue weighted by molar-refractivity contribution is 9.10. The lowest BCUT2D eigenvalue weighted by Crippen LogP contribution is -2.44. The van der Waals surface area contributed by atoms with Gasteiger partial charge in [0.2, 0.25) is 5.91 Å². The second kappa shape index (κ2) is 5.60. The number of hydrogen-bond acceptors (Lipinski definition) is 2. The highest BCUT2D eigenvalue weighted by Crippen LogP contribution is 2.16. The quantitative estimate of drug-likeness (QED) is 0.839. The molecular formula is C12H15BrN2OS. The first-order valence-electron chi connectivity index (χ1n) is 5.16. The molecule has 5 heteroatoms.